The van der Waals surface area contributed by atoms with Crippen molar-refractivity contribution >= 4 is 5.91 Å². The molecule has 1 N–H and O–H groups in total. The maximum Gasteiger partial charge on any atom is 0.223 e. The normalized spacial score (nSPS) is 35.4. The van der Waals surface area contributed by atoms with Crippen LogP contribution in [0.15, 0.2) is 0 Å². The maximum absolute atomic E-state index is 11.7. The molecule has 1 saturated heterocycles. The summed E-state index contributed by atoms with van der Waals surface area (Å²) in [6.45, 7) is 9.83. The molecule has 17 heavy (non-hydrogen) atoms. The predicted octanol–water partition coefficient (Wildman–Crippen LogP) is 0.868. The Balaban J connectivity index is 1.72. The molecule has 0 aromatic heterocycles. The van der Waals surface area contributed by atoms with Crippen molar-refractivity contribution in [2.24, 2.45) is 11.8 Å². The van der Waals surface area contributed by atoms with Crippen LogP contribution in [-0.4, -0.2) is 49.2 Å². The molecule has 0 aromatic carbocycles. The van der Waals surface area contributed by atoms with Gasteiger partial charge in [0.1, 0.15) is 0 Å². The minimum atomic E-state index is 0.241. The third kappa shape index (κ3) is 3.19. The molecule has 0 radical (unpaired) electrons. The number of amides is 1. The molecule has 98 valence electrons. The van der Waals surface area contributed by atoms with Crippen molar-refractivity contribution in [1.82, 2.24) is 10.2 Å². The molecular weight excluding hydrogens is 216 g/mol. The van der Waals surface area contributed by atoms with Gasteiger partial charge in [-0.05, 0) is 26.2 Å². The van der Waals surface area contributed by atoms with Gasteiger partial charge in [0.05, 0.1) is 13.2 Å². The second kappa shape index (κ2) is 5.36. The average molecular weight is 240 g/mol. The SMILES string of the molecule is C[C@@H]1C[C@@H]1C(=O)NC[C@H](C)N1CCOC[C@@H]1C. The molecule has 1 saturated carbocycles. The Bertz CT molecular complexity index is 283. The molecule has 0 aromatic rings. The summed E-state index contributed by atoms with van der Waals surface area (Å²) in [5.41, 5.74) is 0. The van der Waals surface area contributed by atoms with Gasteiger partial charge in [-0.2, -0.15) is 0 Å². The number of nitrogens with zero attached hydrogens (tertiary/aromatic N) is 1. The molecule has 4 heteroatoms. The Morgan fingerprint density at radius 3 is 2.82 bits per heavy atom. The molecule has 1 amide bonds. The highest BCUT2D eigenvalue weighted by Crippen LogP contribution is 2.37. The number of ether oxygens (including phenoxy) is 1. The van der Waals surface area contributed by atoms with Gasteiger partial charge in [0.25, 0.3) is 0 Å². The molecule has 0 unspecified atom stereocenters. The van der Waals surface area contributed by atoms with Crippen LogP contribution in [0.2, 0.25) is 0 Å². The molecule has 1 aliphatic carbocycles. The largest absolute Gasteiger partial charge is 0.379 e. The summed E-state index contributed by atoms with van der Waals surface area (Å²) < 4.78 is 5.42. The summed E-state index contributed by atoms with van der Waals surface area (Å²) in [6.07, 6.45) is 1.06. The average Bonchev–Trinajstić information content (AvgIpc) is 3.03. The van der Waals surface area contributed by atoms with Crippen LogP contribution in [0.25, 0.3) is 0 Å². The van der Waals surface area contributed by atoms with Crippen LogP contribution < -0.4 is 5.32 Å². The summed E-state index contributed by atoms with van der Waals surface area (Å²) in [5.74, 6) is 1.11. The fourth-order valence-electron chi connectivity index (χ4n) is 2.58. The molecule has 2 aliphatic rings. The molecule has 0 bridgehead atoms. The van der Waals surface area contributed by atoms with Crippen LogP contribution in [0.4, 0.5) is 0 Å². The standard InChI is InChI=1S/C13H24N2O2/c1-9-6-12(9)13(16)14-7-10(2)15-4-5-17-8-11(15)3/h9-12H,4-8H2,1-3H3,(H,14,16)/t9-,10+,11+,12+/m1/s1. The van der Waals surface area contributed by atoms with E-state index in [9.17, 15) is 4.79 Å². The number of carbonyl (C=O) groups excluding carboxylic acids is 1. The van der Waals surface area contributed by atoms with Gasteiger partial charge in [0.15, 0.2) is 0 Å². The Morgan fingerprint density at radius 2 is 2.24 bits per heavy atom. The lowest BCUT2D eigenvalue weighted by molar-refractivity contribution is -0.123. The van der Waals surface area contributed by atoms with Crippen LogP contribution in [-0.2, 0) is 9.53 Å². The molecule has 4 nitrogen and oxygen atoms in total. The second-order valence-electron chi connectivity index (χ2n) is 5.58. The number of hydrogen-bond acceptors (Lipinski definition) is 3. The highest BCUT2D eigenvalue weighted by atomic mass is 16.5. The number of rotatable bonds is 4. The lowest BCUT2D eigenvalue weighted by Gasteiger charge is -2.37. The summed E-state index contributed by atoms with van der Waals surface area (Å²) in [5, 5.41) is 3.07. The summed E-state index contributed by atoms with van der Waals surface area (Å²) in [7, 11) is 0. The van der Waals surface area contributed by atoms with Crippen LogP contribution in [0.3, 0.4) is 0 Å². The number of carbonyl (C=O) groups is 1. The van der Waals surface area contributed by atoms with Crippen molar-refractivity contribution in [3.63, 3.8) is 0 Å². The fourth-order valence-corrected chi connectivity index (χ4v) is 2.58. The first kappa shape index (κ1) is 12.8. The smallest absolute Gasteiger partial charge is 0.223 e. The van der Waals surface area contributed by atoms with E-state index >= 15 is 0 Å². The van der Waals surface area contributed by atoms with Gasteiger partial charge in [-0.15, -0.1) is 0 Å². The zero-order chi connectivity index (χ0) is 12.4. The maximum atomic E-state index is 11.7. The first-order valence-corrected chi connectivity index (χ1v) is 6.70. The predicted molar refractivity (Wildman–Crippen MR) is 66.7 cm³/mol. The van der Waals surface area contributed by atoms with E-state index in [0.717, 1.165) is 32.7 Å². The zero-order valence-electron chi connectivity index (χ0n) is 11.1. The quantitative estimate of drug-likeness (QED) is 0.793. The zero-order valence-corrected chi connectivity index (χ0v) is 11.1. The number of hydrogen-bond donors (Lipinski definition) is 1. The Hall–Kier alpha value is -0.610. The first-order valence-electron chi connectivity index (χ1n) is 6.70. The topological polar surface area (TPSA) is 41.6 Å². The van der Waals surface area contributed by atoms with Crippen LogP contribution in [0.5, 0.6) is 0 Å². The fraction of sp³-hybridized carbons (Fsp3) is 0.923. The lowest BCUT2D eigenvalue weighted by atomic mass is 10.2. The van der Waals surface area contributed by atoms with Gasteiger partial charge < -0.3 is 10.1 Å². The summed E-state index contributed by atoms with van der Waals surface area (Å²) in [4.78, 5) is 14.1. The molecule has 2 rings (SSSR count). The van der Waals surface area contributed by atoms with Crippen molar-refractivity contribution in [3.8, 4) is 0 Å². The minimum Gasteiger partial charge on any atom is -0.379 e. The molecule has 4 atom stereocenters. The molecular formula is C13H24N2O2. The van der Waals surface area contributed by atoms with E-state index in [4.69, 9.17) is 4.74 Å². The van der Waals surface area contributed by atoms with E-state index in [1.54, 1.807) is 0 Å². The van der Waals surface area contributed by atoms with Gasteiger partial charge in [0.2, 0.25) is 5.91 Å². The van der Waals surface area contributed by atoms with Crippen molar-refractivity contribution in [3.05, 3.63) is 0 Å². The van der Waals surface area contributed by atoms with Gasteiger partial charge in [-0.25, -0.2) is 0 Å². The summed E-state index contributed by atoms with van der Waals surface area (Å²) >= 11 is 0. The van der Waals surface area contributed by atoms with E-state index in [1.807, 2.05) is 0 Å². The molecule has 0 spiro atoms. The first-order chi connectivity index (χ1) is 8.09. The van der Waals surface area contributed by atoms with E-state index in [-0.39, 0.29) is 11.8 Å². The third-order valence-corrected chi connectivity index (χ3v) is 4.00. The van der Waals surface area contributed by atoms with E-state index in [2.05, 4.69) is 31.0 Å². The van der Waals surface area contributed by atoms with Crippen molar-refractivity contribution in [2.45, 2.75) is 39.3 Å². The monoisotopic (exact) mass is 240 g/mol. The van der Waals surface area contributed by atoms with Crippen LogP contribution in [0, 0.1) is 11.8 Å². The minimum absolute atomic E-state index is 0.241. The second-order valence-corrected chi connectivity index (χ2v) is 5.58. The highest BCUT2D eigenvalue weighted by Gasteiger charge is 2.39. The van der Waals surface area contributed by atoms with E-state index in [0.29, 0.717) is 18.0 Å². The highest BCUT2D eigenvalue weighted by molar-refractivity contribution is 5.81. The molecule has 1 aliphatic heterocycles. The molecule has 1 heterocycles. The number of nitrogens with one attached hydrogen (secondary N) is 1. The van der Waals surface area contributed by atoms with Gasteiger partial charge in [-0.1, -0.05) is 6.92 Å². The molecule has 2 fully saturated rings. The number of morpholine rings is 1. The summed E-state index contributed by atoms with van der Waals surface area (Å²) in [6, 6.07) is 0.849. The van der Waals surface area contributed by atoms with E-state index in [1.165, 1.54) is 0 Å². The van der Waals surface area contributed by atoms with Crippen molar-refractivity contribution in [2.75, 3.05) is 26.3 Å². The van der Waals surface area contributed by atoms with Gasteiger partial charge >= 0.3 is 0 Å². The van der Waals surface area contributed by atoms with E-state index < -0.39 is 0 Å². The third-order valence-electron chi connectivity index (χ3n) is 4.00. The van der Waals surface area contributed by atoms with Crippen LogP contribution in [0.1, 0.15) is 27.2 Å². The van der Waals surface area contributed by atoms with Crippen molar-refractivity contribution in [1.29, 1.82) is 0 Å². The Morgan fingerprint density at radius 1 is 1.53 bits per heavy atom. The van der Waals surface area contributed by atoms with Gasteiger partial charge in [-0.3, -0.25) is 9.69 Å². The van der Waals surface area contributed by atoms with Crippen molar-refractivity contribution < 1.29 is 9.53 Å². The van der Waals surface area contributed by atoms with Crippen LogP contribution >= 0.6 is 0 Å². The Labute approximate surface area is 104 Å². The van der Waals surface area contributed by atoms with Gasteiger partial charge in [0, 0.05) is 31.1 Å². The lowest BCUT2D eigenvalue weighted by Crippen LogP contribution is -2.52. The Kier molecular flexibility index (Phi) is 4.05.